The second-order valence-electron chi connectivity index (χ2n) is 5.91. The minimum absolute atomic E-state index is 0.814. The van der Waals surface area contributed by atoms with Gasteiger partial charge in [0.1, 0.15) is 0 Å². The molecule has 0 aromatic carbocycles. The monoisotopic (exact) mass is 209 g/mol. The molecule has 0 amide bonds. The maximum Gasteiger partial charge on any atom is 0.00952 e. The molecule has 1 N–H and O–H groups in total. The van der Waals surface area contributed by atoms with E-state index in [1.807, 2.05) is 0 Å². The van der Waals surface area contributed by atoms with Gasteiger partial charge in [0, 0.05) is 6.04 Å². The molecule has 15 heavy (non-hydrogen) atoms. The van der Waals surface area contributed by atoms with Crippen LogP contribution in [0.3, 0.4) is 0 Å². The van der Waals surface area contributed by atoms with Crippen LogP contribution in [-0.4, -0.2) is 12.6 Å². The SMILES string of the molecule is CC1CCCC(NCCC2CCC2)C1C. The van der Waals surface area contributed by atoms with Crippen LogP contribution in [-0.2, 0) is 0 Å². The van der Waals surface area contributed by atoms with Crippen LogP contribution in [0, 0.1) is 17.8 Å². The van der Waals surface area contributed by atoms with Crippen molar-refractivity contribution in [3.63, 3.8) is 0 Å². The minimum atomic E-state index is 0.814. The van der Waals surface area contributed by atoms with Crippen LogP contribution in [0.1, 0.15) is 58.8 Å². The molecule has 0 radical (unpaired) electrons. The molecular formula is C14H27N. The Morgan fingerprint density at radius 2 is 1.73 bits per heavy atom. The fourth-order valence-electron chi connectivity index (χ4n) is 3.12. The van der Waals surface area contributed by atoms with Gasteiger partial charge in [0.05, 0.1) is 0 Å². The van der Waals surface area contributed by atoms with E-state index in [1.165, 1.54) is 51.5 Å². The van der Waals surface area contributed by atoms with Crippen LogP contribution < -0.4 is 5.32 Å². The molecule has 88 valence electrons. The Hall–Kier alpha value is -0.0400. The first-order valence-corrected chi connectivity index (χ1v) is 7.00. The molecule has 3 atom stereocenters. The highest BCUT2D eigenvalue weighted by Gasteiger charge is 2.26. The largest absolute Gasteiger partial charge is 0.314 e. The van der Waals surface area contributed by atoms with E-state index in [1.54, 1.807) is 0 Å². The van der Waals surface area contributed by atoms with Gasteiger partial charge in [-0.25, -0.2) is 0 Å². The highest BCUT2D eigenvalue weighted by atomic mass is 14.9. The Morgan fingerprint density at radius 3 is 2.40 bits per heavy atom. The van der Waals surface area contributed by atoms with E-state index in [-0.39, 0.29) is 0 Å². The average molecular weight is 209 g/mol. The summed E-state index contributed by atoms with van der Waals surface area (Å²) in [5.41, 5.74) is 0. The lowest BCUT2D eigenvalue weighted by Crippen LogP contribution is -2.41. The summed E-state index contributed by atoms with van der Waals surface area (Å²) in [7, 11) is 0. The summed E-state index contributed by atoms with van der Waals surface area (Å²) in [4.78, 5) is 0. The lowest BCUT2D eigenvalue weighted by atomic mass is 9.77. The van der Waals surface area contributed by atoms with Crippen LogP contribution in [0.25, 0.3) is 0 Å². The summed E-state index contributed by atoms with van der Waals surface area (Å²) >= 11 is 0. The molecule has 0 aromatic rings. The van der Waals surface area contributed by atoms with Gasteiger partial charge < -0.3 is 5.32 Å². The fourth-order valence-corrected chi connectivity index (χ4v) is 3.12. The molecule has 3 unspecified atom stereocenters. The standard InChI is InChI=1S/C14H27N/c1-11-5-3-8-14(12(11)2)15-10-9-13-6-4-7-13/h11-15H,3-10H2,1-2H3. The maximum atomic E-state index is 3.80. The number of hydrogen-bond acceptors (Lipinski definition) is 1. The van der Waals surface area contributed by atoms with Crippen molar-refractivity contribution in [2.45, 2.75) is 64.8 Å². The van der Waals surface area contributed by atoms with E-state index < -0.39 is 0 Å². The van der Waals surface area contributed by atoms with Gasteiger partial charge in [-0.1, -0.05) is 46.0 Å². The Kier molecular flexibility index (Phi) is 4.07. The predicted octanol–water partition coefficient (Wildman–Crippen LogP) is 3.59. The third kappa shape index (κ3) is 2.96. The van der Waals surface area contributed by atoms with Crippen molar-refractivity contribution in [3.05, 3.63) is 0 Å². The Labute approximate surface area is 95.0 Å². The Bertz CT molecular complexity index is 186. The quantitative estimate of drug-likeness (QED) is 0.746. The van der Waals surface area contributed by atoms with E-state index in [0.717, 1.165) is 23.8 Å². The summed E-state index contributed by atoms with van der Waals surface area (Å²) in [6.45, 7) is 6.13. The van der Waals surface area contributed by atoms with Crippen molar-refractivity contribution >= 4 is 0 Å². The lowest BCUT2D eigenvalue weighted by Gasteiger charge is -2.35. The first kappa shape index (κ1) is 11.4. The smallest absolute Gasteiger partial charge is 0.00952 e. The van der Waals surface area contributed by atoms with E-state index >= 15 is 0 Å². The Morgan fingerprint density at radius 1 is 1.00 bits per heavy atom. The van der Waals surface area contributed by atoms with Gasteiger partial charge in [0.15, 0.2) is 0 Å². The normalized spacial score (nSPS) is 37.6. The summed E-state index contributed by atoms with van der Waals surface area (Å²) in [6, 6.07) is 0.814. The third-order valence-corrected chi connectivity index (χ3v) is 4.89. The van der Waals surface area contributed by atoms with Gasteiger partial charge in [0.25, 0.3) is 0 Å². The van der Waals surface area contributed by atoms with Gasteiger partial charge in [-0.15, -0.1) is 0 Å². The second-order valence-corrected chi connectivity index (χ2v) is 5.91. The molecule has 1 nitrogen and oxygen atoms in total. The lowest BCUT2D eigenvalue weighted by molar-refractivity contribution is 0.198. The highest BCUT2D eigenvalue weighted by Crippen LogP contribution is 2.31. The van der Waals surface area contributed by atoms with E-state index in [0.29, 0.717) is 0 Å². The summed E-state index contributed by atoms with van der Waals surface area (Å²) in [6.07, 6.45) is 10.2. The van der Waals surface area contributed by atoms with Gasteiger partial charge in [-0.3, -0.25) is 0 Å². The van der Waals surface area contributed by atoms with Gasteiger partial charge in [0.2, 0.25) is 0 Å². The number of hydrogen-bond donors (Lipinski definition) is 1. The molecule has 1 heteroatoms. The molecule has 2 saturated carbocycles. The van der Waals surface area contributed by atoms with E-state index in [4.69, 9.17) is 0 Å². The van der Waals surface area contributed by atoms with Gasteiger partial charge >= 0.3 is 0 Å². The summed E-state index contributed by atoms with van der Waals surface area (Å²) in [5.74, 6) is 2.88. The minimum Gasteiger partial charge on any atom is -0.314 e. The van der Waals surface area contributed by atoms with Crippen molar-refractivity contribution in [2.24, 2.45) is 17.8 Å². The molecule has 2 rings (SSSR count). The zero-order chi connectivity index (χ0) is 10.7. The predicted molar refractivity (Wildman–Crippen MR) is 65.9 cm³/mol. The molecule has 2 fully saturated rings. The van der Waals surface area contributed by atoms with Crippen LogP contribution in [0.15, 0.2) is 0 Å². The van der Waals surface area contributed by atoms with Crippen LogP contribution >= 0.6 is 0 Å². The zero-order valence-corrected chi connectivity index (χ0v) is 10.5. The maximum absolute atomic E-state index is 3.80. The van der Waals surface area contributed by atoms with Crippen molar-refractivity contribution in [1.29, 1.82) is 0 Å². The number of nitrogens with one attached hydrogen (secondary N) is 1. The van der Waals surface area contributed by atoms with Crippen LogP contribution in [0.4, 0.5) is 0 Å². The van der Waals surface area contributed by atoms with Crippen molar-refractivity contribution < 1.29 is 0 Å². The third-order valence-electron chi connectivity index (χ3n) is 4.89. The van der Waals surface area contributed by atoms with Crippen molar-refractivity contribution in [3.8, 4) is 0 Å². The van der Waals surface area contributed by atoms with Crippen LogP contribution in [0.5, 0.6) is 0 Å². The summed E-state index contributed by atoms with van der Waals surface area (Å²) in [5, 5.41) is 3.80. The van der Waals surface area contributed by atoms with Crippen molar-refractivity contribution in [1.82, 2.24) is 5.32 Å². The average Bonchev–Trinajstić information content (AvgIpc) is 2.16. The van der Waals surface area contributed by atoms with E-state index in [2.05, 4.69) is 19.2 Å². The summed E-state index contributed by atoms with van der Waals surface area (Å²) < 4.78 is 0. The van der Waals surface area contributed by atoms with Crippen molar-refractivity contribution in [2.75, 3.05) is 6.54 Å². The Balaban J connectivity index is 1.64. The van der Waals surface area contributed by atoms with Crippen LogP contribution in [0.2, 0.25) is 0 Å². The van der Waals surface area contributed by atoms with Gasteiger partial charge in [-0.05, 0) is 37.1 Å². The molecular weight excluding hydrogens is 182 g/mol. The molecule has 0 bridgehead atoms. The molecule has 2 aliphatic rings. The molecule has 2 aliphatic carbocycles. The number of rotatable bonds is 4. The first-order chi connectivity index (χ1) is 7.27. The molecule has 0 aliphatic heterocycles. The zero-order valence-electron chi connectivity index (χ0n) is 10.5. The van der Waals surface area contributed by atoms with Gasteiger partial charge in [-0.2, -0.15) is 0 Å². The molecule has 0 spiro atoms. The topological polar surface area (TPSA) is 12.0 Å². The second kappa shape index (κ2) is 5.34. The fraction of sp³-hybridized carbons (Fsp3) is 1.00. The molecule has 0 aromatic heterocycles. The first-order valence-electron chi connectivity index (χ1n) is 7.00. The highest BCUT2D eigenvalue weighted by molar-refractivity contribution is 4.82. The molecule has 0 saturated heterocycles. The van der Waals surface area contributed by atoms with E-state index in [9.17, 15) is 0 Å². The molecule has 0 heterocycles.